The Balaban J connectivity index is 1.19. The smallest absolute Gasteiger partial charge is 0.142 e. The van der Waals surface area contributed by atoms with Gasteiger partial charge in [0.1, 0.15) is 11.6 Å². The van der Waals surface area contributed by atoms with Crippen LogP contribution in [-0.2, 0) is 4.74 Å². The number of nitrogens with one attached hydrogen (secondary N) is 1. The number of imidazole rings is 1. The van der Waals surface area contributed by atoms with Crippen LogP contribution in [0, 0.1) is 5.82 Å². The van der Waals surface area contributed by atoms with Crippen LogP contribution < -0.4 is 0 Å². The van der Waals surface area contributed by atoms with Crippen LogP contribution in [0.25, 0.3) is 33.7 Å². The van der Waals surface area contributed by atoms with Crippen LogP contribution in [-0.4, -0.2) is 57.0 Å². The molecule has 0 bridgehead atoms. The summed E-state index contributed by atoms with van der Waals surface area (Å²) in [5.74, 6) is 0.101. The molecule has 2 fully saturated rings. The number of aromatic nitrogens is 4. The van der Waals surface area contributed by atoms with Gasteiger partial charge < -0.3 is 9.72 Å². The summed E-state index contributed by atoms with van der Waals surface area (Å²) in [6, 6.07) is 14.0. The quantitative estimate of drug-likeness (QED) is 0.408. The van der Waals surface area contributed by atoms with Crippen LogP contribution in [0.15, 0.2) is 48.7 Å². The first-order valence-electron chi connectivity index (χ1n) is 12.0. The van der Waals surface area contributed by atoms with Crippen molar-refractivity contribution >= 4 is 22.6 Å². The van der Waals surface area contributed by atoms with Crippen LogP contribution in [0.5, 0.6) is 0 Å². The van der Waals surface area contributed by atoms with Crippen LogP contribution >= 0.6 is 11.6 Å². The van der Waals surface area contributed by atoms with Gasteiger partial charge in [-0.2, -0.15) is 5.10 Å². The highest BCUT2D eigenvalue weighted by Crippen LogP contribution is 2.33. The van der Waals surface area contributed by atoms with Gasteiger partial charge in [0.05, 0.1) is 41.0 Å². The molecule has 6 nitrogen and oxygen atoms in total. The molecular weight excluding hydrogens is 453 g/mol. The van der Waals surface area contributed by atoms with Gasteiger partial charge in [-0.3, -0.25) is 9.58 Å². The maximum atomic E-state index is 13.9. The molecule has 34 heavy (non-hydrogen) atoms. The number of morpholine rings is 1. The largest absolute Gasteiger partial charge is 0.379 e. The molecule has 3 heterocycles. The van der Waals surface area contributed by atoms with Gasteiger partial charge >= 0.3 is 0 Å². The van der Waals surface area contributed by atoms with E-state index < -0.39 is 5.82 Å². The average Bonchev–Trinajstić information content (AvgIpc) is 3.53. The van der Waals surface area contributed by atoms with E-state index in [1.54, 1.807) is 12.1 Å². The number of nitrogens with zero attached hydrogens (tertiary/aromatic N) is 4. The van der Waals surface area contributed by atoms with Crippen LogP contribution in [0.3, 0.4) is 0 Å². The van der Waals surface area contributed by atoms with Crippen LogP contribution in [0.4, 0.5) is 4.39 Å². The van der Waals surface area contributed by atoms with Crippen molar-refractivity contribution in [1.29, 1.82) is 0 Å². The molecule has 1 aliphatic heterocycles. The summed E-state index contributed by atoms with van der Waals surface area (Å²) in [5, 5.41) is 4.99. The number of rotatable bonds is 4. The first kappa shape index (κ1) is 21.8. The number of aromatic amines is 1. The lowest BCUT2D eigenvalue weighted by atomic mass is 9.90. The van der Waals surface area contributed by atoms with Crippen LogP contribution in [0.2, 0.25) is 5.02 Å². The van der Waals surface area contributed by atoms with E-state index >= 15 is 0 Å². The van der Waals surface area contributed by atoms with Crippen molar-refractivity contribution in [3.63, 3.8) is 0 Å². The molecule has 176 valence electrons. The fourth-order valence-corrected chi connectivity index (χ4v) is 5.52. The van der Waals surface area contributed by atoms with Crippen molar-refractivity contribution in [3.8, 4) is 22.6 Å². The van der Waals surface area contributed by atoms with Crippen molar-refractivity contribution in [2.75, 3.05) is 26.3 Å². The van der Waals surface area contributed by atoms with Gasteiger partial charge in [0.2, 0.25) is 0 Å². The molecule has 1 aliphatic carbocycles. The van der Waals surface area contributed by atoms with Crippen molar-refractivity contribution in [2.45, 2.75) is 37.8 Å². The van der Waals surface area contributed by atoms with Crippen molar-refractivity contribution < 1.29 is 9.13 Å². The molecule has 1 saturated heterocycles. The second-order valence-electron chi connectivity index (χ2n) is 9.21. The number of fused-ring (bicyclic) bond motifs is 1. The topological polar surface area (TPSA) is 59.0 Å². The van der Waals surface area contributed by atoms with Gasteiger partial charge in [-0.15, -0.1) is 0 Å². The normalized spacial score (nSPS) is 21.8. The Hall–Kier alpha value is -2.74. The SMILES string of the molecule is Fc1cccc(-c2nc3ccc(-c4ccn(C5CCC(N6CCOCC6)CC5)n4)cc3[nH]2)c1Cl. The summed E-state index contributed by atoms with van der Waals surface area (Å²) < 4.78 is 21.5. The van der Waals surface area contributed by atoms with Gasteiger partial charge in [0.25, 0.3) is 0 Å². The van der Waals surface area contributed by atoms with E-state index in [-0.39, 0.29) is 5.02 Å². The van der Waals surface area contributed by atoms with Gasteiger partial charge in [-0.05, 0) is 56.0 Å². The predicted octanol–water partition coefficient (Wildman–Crippen LogP) is 5.70. The predicted molar refractivity (Wildman–Crippen MR) is 131 cm³/mol. The zero-order valence-corrected chi connectivity index (χ0v) is 19.6. The van der Waals surface area contributed by atoms with E-state index in [0.717, 1.165) is 61.4 Å². The van der Waals surface area contributed by atoms with E-state index in [1.165, 1.54) is 18.9 Å². The number of H-pyrrole nitrogens is 1. The molecule has 0 unspecified atom stereocenters. The molecule has 6 rings (SSSR count). The second-order valence-corrected chi connectivity index (χ2v) is 9.59. The Bertz CT molecular complexity index is 1300. The maximum absolute atomic E-state index is 13.9. The zero-order valence-electron chi connectivity index (χ0n) is 18.9. The minimum atomic E-state index is -0.454. The first-order valence-corrected chi connectivity index (χ1v) is 12.3. The Morgan fingerprint density at radius 1 is 1.00 bits per heavy atom. The molecule has 0 amide bonds. The highest BCUT2D eigenvalue weighted by molar-refractivity contribution is 6.33. The number of hydrogen-bond donors (Lipinski definition) is 1. The second kappa shape index (κ2) is 9.13. The van der Waals surface area contributed by atoms with E-state index in [0.29, 0.717) is 23.5 Å². The minimum absolute atomic E-state index is 0.0730. The lowest BCUT2D eigenvalue weighted by Gasteiger charge is -2.38. The van der Waals surface area contributed by atoms with Crippen molar-refractivity contribution in [3.05, 3.63) is 59.5 Å². The molecule has 4 aromatic rings. The molecule has 0 spiro atoms. The summed E-state index contributed by atoms with van der Waals surface area (Å²) in [4.78, 5) is 10.5. The van der Waals surface area contributed by atoms with E-state index in [4.69, 9.17) is 21.4 Å². The fraction of sp³-hybridized carbons (Fsp3) is 0.385. The van der Waals surface area contributed by atoms with Crippen LogP contribution in [0.1, 0.15) is 31.7 Å². The first-order chi connectivity index (χ1) is 16.7. The lowest BCUT2D eigenvalue weighted by molar-refractivity contribution is 0.00507. The van der Waals surface area contributed by atoms with Gasteiger partial charge in [0, 0.05) is 36.5 Å². The standard InChI is InChI=1S/C26H27ClFN5O/c27-25-20(2-1-3-21(25)28)26-29-23-9-4-17(16-24(23)30-26)22-10-11-33(31-22)19-7-5-18(6-8-19)32-12-14-34-15-13-32/h1-4,9-11,16,18-19H,5-8,12-15H2,(H,29,30). The molecule has 2 aliphatic rings. The average molecular weight is 480 g/mol. The molecule has 2 aromatic carbocycles. The third kappa shape index (κ3) is 4.13. The Labute approximate surface area is 202 Å². The molecule has 2 aromatic heterocycles. The summed E-state index contributed by atoms with van der Waals surface area (Å²) in [6.07, 6.45) is 6.84. The summed E-state index contributed by atoms with van der Waals surface area (Å²) in [5.41, 5.74) is 4.19. The Morgan fingerprint density at radius 3 is 2.62 bits per heavy atom. The Kier molecular flexibility index (Phi) is 5.85. The molecular formula is C26H27ClFN5O. The highest BCUT2D eigenvalue weighted by Gasteiger charge is 2.28. The minimum Gasteiger partial charge on any atom is -0.379 e. The van der Waals surface area contributed by atoms with Gasteiger partial charge in [-0.1, -0.05) is 23.7 Å². The zero-order chi connectivity index (χ0) is 23.1. The third-order valence-electron chi connectivity index (χ3n) is 7.20. The summed E-state index contributed by atoms with van der Waals surface area (Å²) in [6.45, 7) is 3.84. The Morgan fingerprint density at radius 2 is 1.79 bits per heavy atom. The summed E-state index contributed by atoms with van der Waals surface area (Å²) in [7, 11) is 0. The summed E-state index contributed by atoms with van der Waals surface area (Å²) >= 11 is 6.16. The molecule has 8 heteroatoms. The monoisotopic (exact) mass is 479 g/mol. The number of halogens is 2. The molecule has 1 N–H and O–H groups in total. The van der Waals surface area contributed by atoms with E-state index in [1.807, 2.05) is 18.2 Å². The van der Waals surface area contributed by atoms with E-state index in [9.17, 15) is 4.39 Å². The molecule has 1 saturated carbocycles. The van der Waals surface area contributed by atoms with E-state index in [2.05, 4.69) is 31.8 Å². The van der Waals surface area contributed by atoms with Gasteiger partial charge in [-0.25, -0.2) is 9.37 Å². The highest BCUT2D eigenvalue weighted by atomic mass is 35.5. The molecule has 0 radical (unpaired) electrons. The molecule has 0 atom stereocenters. The van der Waals surface area contributed by atoms with Crippen molar-refractivity contribution in [2.24, 2.45) is 0 Å². The number of ether oxygens (including phenoxy) is 1. The number of hydrogen-bond acceptors (Lipinski definition) is 4. The fourth-order valence-electron chi connectivity index (χ4n) is 5.31. The lowest BCUT2D eigenvalue weighted by Crippen LogP contribution is -2.45. The third-order valence-corrected chi connectivity index (χ3v) is 7.58. The van der Waals surface area contributed by atoms with Gasteiger partial charge in [0.15, 0.2) is 0 Å². The van der Waals surface area contributed by atoms with Crippen molar-refractivity contribution in [1.82, 2.24) is 24.6 Å². The number of benzene rings is 2. The maximum Gasteiger partial charge on any atom is 0.142 e.